The van der Waals surface area contributed by atoms with E-state index in [1.165, 1.54) is 11.8 Å². The van der Waals surface area contributed by atoms with Crippen molar-refractivity contribution in [3.63, 3.8) is 0 Å². The summed E-state index contributed by atoms with van der Waals surface area (Å²) in [4.78, 5) is 51.3. The van der Waals surface area contributed by atoms with Crippen molar-refractivity contribution in [1.82, 2.24) is 10.6 Å². The Balaban J connectivity index is 1.61. The van der Waals surface area contributed by atoms with Gasteiger partial charge in [0.15, 0.2) is 0 Å². The van der Waals surface area contributed by atoms with Crippen LogP contribution in [0.2, 0.25) is 0 Å². The van der Waals surface area contributed by atoms with Gasteiger partial charge in [-0.05, 0) is 41.5 Å². The van der Waals surface area contributed by atoms with Crippen molar-refractivity contribution in [2.24, 2.45) is 0 Å². The summed E-state index contributed by atoms with van der Waals surface area (Å²) in [7, 11) is 0. The minimum absolute atomic E-state index is 0.00443. The summed E-state index contributed by atoms with van der Waals surface area (Å²) in [6.07, 6.45) is 1.26. The third-order valence-corrected chi connectivity index (χ3v) is 6.78. The molecule has 0 saturated carbocycles. The Bertz CT molecular complexity index is 1260. The average molecular weight is 593 g/mol. The number of hydrogen-bond acceptors (Lipinski definition) is 8. The highest BCUT2D eigenvalue weighted by Crippen LogP contribution is 2.10. The molecule has 222 valence electrons. The van der Waals surface area contributed by atoms with E-state index < -0.39 is 36.0 Å². The summed E-state index contributed by atoms with van der Waals surface area (Å²) in [5.74, 6) is -1.22. The molecule has 0 fully saturated rings. The molecule has 0 heterocycles. The van der Waals surface area contributed by atoms with E-state index in [2.05, 4.69) is 10.6 Å². The van der Waals surface area contributed by atoms with Gasteiger partial charge in [-0.1, -0.05) is 91.0 Å². The fourth-order valence-corrected chi connectivity index (χ4v) is 4.31. The van der Waals surface area contributed by atoms with Crippen molar-refractivity contribution < 1.29 is 33.4 Å². The van der Waals surface area contributed by atoms with E-state index in [1.807, 2.05) is 97.3 Å². The number of alkyl carbamates (subject to hydrolysis) is 1. The summed E-state index contributed by atoms with van der Waals surface area (Å²) < 4.78 is 16.1. The fourth-order valence-electron chi connectivity index (χ4n) is 3.83. The summed E-state index contributed by atoms with van der Waals surface area (Å²) in [5, 5.41) is 5.27. The van der Waals surface area contributed by atoms with Gasteiger partial charge in [0.25, 0.3) is 0 Å². The third kappa shape index (κ3) is 12.1. The zero-order chi connectivity index (χ0) is 30.0. The Labute approximate surface area is 250 Å². The number of esters is 2. The zero-order valence-corrected chi connectivity index (χ0v) is 24.3. The summed E-state index contributed by atoms with van der Waals surface area (Å²) in [6.45, 7) is 0.147. The predicted molar refractivity (Wildman–Crippen MR) is 160 cm³/mol. The molecule has 3 aromatic carbocycles. The van der Waals surface area contributed by atoms with Crippen LogP contribution in [0, 0.1) is 0 Å². The molecule has 0 unspecified atom stereocenters. The number of ether oxygens (including phenoxy) is 3. The monoisotopic (exact) mass is 592 g/mol. The normalized spacial score (nSPS) is 11.9. The number of hydrogen-bond donors (Lipinski definition) is 2. The quantitative estimate of drug-likeness (QED) is 0.180. The molecule has 0 aliphatic heterocycles. The molecule has 2 atom stereocenters. The number of benzene rings is 3. The molecule has 0 aliphatic rings. The summed E-state index contributed by atoms with van der Waals surface area (Å²) >= 11 is 1.51. The van der Waals surface area contributed by atoms with Crippen molar-refractivity contribution in [2.75, 3.05) is 12.0 Å². The predicted octanol–water partition coefficient (Wildman–Crippen LogP) is 4.79. The molecule has 0 aromatic heterocycles. The largest absolute Gasteiger partial charge is 0.461 e. The molecule has 0 spiro atoms. The van der Waals surface area contributed by atoms with E-state index in [-0.39, 0.29) is 32.7 Å². The highest BCUT2D eigenvalue weighted by atomic mass is 32.2. The van der Waals surface area contributed by atoms with E-state index >= 15 is 0 Å². The molecule has 9 nitrogen and oxygen atoms in total. The third-order valence-electron chi connectivity index (χ3n) is 6.14. The van der Waals surface area contributed by atoms with Gasteiger partial charge in [-0.15, -0.1) is 0 Å². The van der Waals surface area contributed by atoms with Gasteiger partial charge in [0.05, 0.1) is 0 Å². The van der Waals surface area contributed by atoms with Crippen LogP contribution in [-0.4, -0.2) is 48.0 Å². The van der Waals surface area contributed by atoms with Gasteiger partial charge in [0.1, 0.15) is 31.9 Å². The van der Waals surface area contributed by atoms with Gasteiger partial charge in [-0.2, -0.15) is 11.8 Å². The van der Waals surface area contributed by atoms with Gasteiger partial charge < -0.3 is 24.8 Å². The van der Waals surface area contributed by atoms with Crippen molar-refractivity contribution in [3.8, 4) is 0 Å². The lowest BCUT2D eigenvalue weighted by molar-refractivity contribution is -0.150. The van der Waals surface area contributed by atoms with E-state index in [4.69, 9.17) is 14.2 Å². The zero-order valence-electron chi connectivity index (χ0n) is 23.5. The number of nitrogens with one attached hydrogen (secondary N) is 2. The topological polar surface area (TPSA) is 120 Å². The minimum atomic E-state index is -1.13. The maximum atomic E-state index is 13.3. The van der Waals surface area contributed by atoms with Gasteiger partial charge in [-0.25, -0.2) is 9.59 Å². The van der Waals surface area contributed by atoms with Crippen molar-refractivity contribution in [3.05, 3.63) is 108 Å². The van der Waals surface area contributed by atoms with Crippen LogP contribution in [0.25, 0.3) is 0 Å². The second kappa shape index (κ2) is 18.2. The maximum Gasteiger partial charge on any atom is 0.408 e. The molecular weight excluding hydrogens is 556 g/mol. The first-order valence-corrected chi connectivity index (χ1v) is 15.0. The van der Waals surface area contributed by atoms with Crippen LogP contribution >= 0.6 is 11.8 Å². The maximum absolute atomic E-state index is 13.3. The van der Waals surface area contributed by atoms with Crippen LogP contribution in [0.3, 0.4) is 0 Å². The van der Waals surface area contributed by atoms with Crippen molar-refractivity contribution in [2.45, 2.75) is 51.2 Å². The Morgan fingerprint density at radius 1 is 0.643 bits per heavy atom. The number of carbonyl (C=O) groups excluding carboxylic acids is 4. The van der Waals surface area contributed by atoms with E-state index in [0.717, 1.165) is 16.7 Å². The molecule has 0 bridgehead atoms. The lowest BCUT2D eigenvalue weighted by Gasteiger charge is -2.22. The lowest BCUT2D eigenvalue weighted by Crippen LogP contribution is -2.52. The molecule has 0 saturated heterocycles. The molecule has 42 heavy (non-hydrogen) atoms. The Morgan fingerprint density at radius 2 is 1.14 bits per heavy atom. The van der Waals surface area contributed by atoms with Crippen LogP contribution < -0.4 is 10.6 Å². The standard InChI is InChI=1S/C32H36N2O7S/c1-42-20-19-27(34-32(38)41-23-26-15-9-4-10-16-26)30(36)33-28(31(37)40-22-25-13-7-3-8-14-25)17-18-29(35)39-21-24-11-5-2-6-12-24/h2-16,27-28H,17-23H2,1H3,(H,33,36)(H,34,38)/t27-,28-/m0/s1. The first-order chi connectivity index (χ1) is 20.4. The van der Waals surface area contributed by atoms with Crippen LogP contribution in [-0.2, 0) is 48.4 Å². The first-order valence-electron chi connectivity index (χ1n) is 13.6. The van der Waals surface area contributed by atoms with Crippen LogP contribution in [0.1, 0.15) is 36.0 Å². The van der Waals surface area contributed by atoms with Crippen LogP contribution in [0.4, 0.5) is 4.79 Å². The van der Waals surface area contributed by atoms with Gasteiger partial charge in [-0.3, -0.25) is 9.59 Å². The number of thioether (sulfide) groups is 1. The van der Waals surface area contributed by atoms with Gasteiger partial charge >= 0.3 is 18.0 Å². The molecule has 0 radical (unpaired) electrons. The molecule has 2 amide bonds. The Morgan fingerprint density at radius 3 is 1.67 bits per heavy atom. The van der Waals surface area contributed by atoms with Crippen molar-refractivity contribution >= 4 is 35.7 Å². The molecule has 10 heteroatoms. The summed E-state index contributed by atoms with van der Waals surface area (Å²) in [6, 6.07) is 25.4. The van der Waals surface area contributed by atoms with Gasteiger partial charge in [0, 0.05) is 6.42 Å². The molecule has 3 aromatic rings. The molecule has 2 N–H and O–H groups in total. The Kier molecular flexibility index (Phi) is 13.9. The lowest BCUT2D eigenvalue weighted by atomic mass is 10.1. The van der Waals surface area contributed by atoms with E-state index in [1.54, 1.807) is 0 Å². The average Bonchev–Trinajstić information content (AvgIpc) is 3.03. The van der Waals surface area contributed by atoms with Crippen LogP contribution in [0.5, 0.6) is 0 Å². The molecular formula is C32H36N2O7S. The number of carbonyl (C=O) groups is 4. The fraction of sp³-hybridized carbons (Fsp3) is 0.312. The second-order valence-corrected chi connectivity index (χ2v) is 10.4. The smallest absolute Gasteiger partial charge is 0.408 e. The first kappa shape index (κ1) is 32.2. The van der Waals surface area contributed by atoms with E-state index in [0.29, 0.717) is 12.2 Å². The molecule has 3 rings (SSSR count). The number of amides is 2. The highest BCUT2D eigenvalue weighted by molar-refractivity contribution is 7.98. The van der Waals surface area contributed by atoms with Gasteiger partial charge in [0.2, 0.25) is 5.91 Å². The minimum Gasteiger partial charge on any atom is -0.461 e. The Hall–Kier alpha value is -4.31. The SMILES string of the molecule is CSCC[C@H](NC(=O)OCc1ccccc1)C(=O)N[C@@H](CCC(=O)OCc1ccccc1)C(=O)OCc1ccccc1. The highest BCUT2D eigenvalue weighted by Gasteiger charge is 2.28. The number of rotatable bonds is 16. The van der Waals surface area contributed by atoms with Crippen molar-refractivity contribution in [1.29, 1.82) is 0 Å². The van der Waals surface area contributed by atoms with Crippen LogP contribution in [0.15, 0.2) is 91.0 Å². The van der Waals surface area contributed by atoms with E-state index in [9.17, 15) is 19.2 Å². The summed E-state index contributed by atoms with van der Waals surface area (Å²) in [5.41, 5.74) is 2.41. The second-order valence-electron chi connectivity index (χ2n) is 9.38. The molecule has 0 aliphatic carbocycles.